The molecule has 0 radical (unpaired) electrons. The number of halogens is 2. The quantitative estimate of drug-likeness (QED) is 0.335. The number of aromatic nitrogens is 1. The maximum Gasteiger partial charge on any atom is 0.306 e. The summed E-state index contributed by atoms with van der Waals surface area (Å²) in [5, 5.41) is 9.28. The minimum absolute atomic E-state index is 0.0225. The van der Waals surface area contributed by atoms with Crippen LogP contribution in [0.25, 0.3) is 11.1 Å². The van der Waals surface area contributed by atoms with E-state index in [-0.39, 0.29) is 23.8 Å². The standard InChI is InChI=1S/C32H36F2N2O4/c1-19(31(37)38)14-22-7-6-20-9-11-27(40-30(20)29(22)34)21-8-10-24(25-16-28(39-4)35-17-26(25)33)23(15-21)18-36-13-5-12-32(36,2)3/h6-8,10,15-17,19,27H,5,9,11-14,18H2,1-4H3,(H,37,38). The van der Waals surface area contributed by atoms with E-state index in [0.717, 1.165) is 41.6 Å². The molecule has 0 spiro atoms. The Bertz CT molecular complexity index is 1420. The van der Waals surface area contributed by atoms with Gasteiger partial charge in [-0.25, -0.2) is 13.8 Å². The number of ether oxygens (including phenoxy) is 2. The Morgan fingerprint density at radius 3 is 2.70 bits per heavy atom. The van der Waals surface area contributed by atoms with Crippen molar-refractivity contribution in [2.75, 3.05) is 13.7 Å². The second kappa shape index (κ2) is 11.2. The van der Waals surface area contributed by atoms with Crippen LogP contribution >= 0.6 is 0 Å². The molecule has 0 aliphatic carbocycles. The number of aliphatic carboxylic acids is 1. The predicted octanol–water partition coefficient (Wildman–Crippen LogP) is 6.74. The van der Waals surface area contributed by atoms with Crippen LogP contribution < -0.4 is 9.47 Å². The van der Waals surface area contributed by atoms with Crippen molar-refractivity contribution in [2.45, 2.75) is 71.1 Å². The number of rotatable bonds is 8. The first-order chi connectivity index (χ1) is 19.1. The predicted molar refractivity (Wildman–Crippen MR) is 148 cm³/mol. The molecule has 1 N–H and O–H groups in total. The maximum absolute atomic E-state index is 15.5. The molecular formula is C32H36F2N2O4. The number of carboxylic acid groups (broad SMARTS) is 1. The first-order valence-electron chi connectivity index (χ1n) is 13.8. The number of fused-ring (bicyclic) bond motifs is 1. The lowest BCUT2D eigenvalue weighted by Gasteiger charge is -2.33. The van der Waals surface area contributed by atoms with Crippen LogP contribution in [0, 0.1) is 17.6 Å². The van der Waals surface area contributed by atoms with Gasteiger partial charge in [0.05, 0.1) is 19.2 Å². The Kier molecular flexibility index (Phi) is 7.82. The Morgan fingerprint density at radius 1 is 1.20 bits per heavy atom. The van der Waals surface area contributed by atoms with Gasteiger partial charge in [-0.1, -0.05) is 37.3 Å². The summed E-state index contributed by atoms with van der Waals surface area (Å²) in [6.45, 7) is 7.61. The van der Waals surface area contributed by atoms with Gasteiger partial charge in [-0.2, -0.15) is 0 Å². The fraction of sp³-hybridized carbons (Fsp3) is 0.438. The van der Waals surface area contributed by atoms with Crippen LogP contribution in [-0.2, 0) is 24.2 Å². The molecule has 0 saturated carbocycles. The third-order valence-corrected chi connectivity index (χ3v) is 8.41. The van der Waals surface area contributed by atoms with Crippen molar-refractivity contribution in [3.63, 3.8) is 0 Å². The van der Waals surface area contributed by atoms with Crippen molar-refractivity contribution >= 4 is 5.97 Å². The number of hydrogen-bond donors (Lipinski definition) is 1. The number of hydrogen-bond acceptors (Lipinski definition) is 5. The van der Waals surface area contributed by atoms with Gasteiger partial charge in [0.15, 0.2) is 11.6 Å². The summed E-state index contributed by atoms with van der Waals surface area (Å²) in [7, 11) is 1.51. The van der Waals surface area contributed by atoms with E-state index in [1.54, 1.807) is 19.1 Å². The van der Waals surface area contributed by atoms with Crippen LogP contribution in [0.1, 0.15) is 68.4 Å². The van der Waals surface area contributed by atoms with Gasteiger partial charge in [0.25, 0.3) is 0 Å². The molecule has 2 unspecified atom stereocenters. The minimum atomic E-state index is -0.965. The van der Waals surface area contributed by atoms with Crippen LogP contribution in [0.5, 0.6) is 11.6 Å². The molecule has 0 amide bonds. The van der Waals surface area contributed by atoms with E-state index in [1.807, 2.05) is 18.2 Å². The van der Waals surface area contributed by atoms with E-state index < -0.39 is 23.5 Å². The number of methoxy groups -OCH3 is 1. The van der Waals surface area contributed by atoms with Gasteiger partial charge in [-0.05, 0) is 80.3 Å². The molecule has 3 aromatic rings. The number of aryl methyl sites for hydroxylation is 1. The van der Waals surface area contributed by atoms with Crippen molar-refractivity contribution in [3.05, 3.63) is 76.5 Å². The highest BCUT2D eigenvalue weighted by Crippen LogP contribution is 2.41. The maximum atomic E-state index is 15.5. The highest BCUT2D eigenvalue weighted by Gasteiger charge is 2.33. The number of likely N-dealkylation sites (tertiary alicyclic amines) is 1. The SMILES string of the molecule is COc1cc(-c2ccc(C3CCc4ccc(CC(C)C(=O)O)c(F)c4O3)cc2CN2CCCC2(C)C)c(F)cn1. The molecule has 40 heavy (non-hydrogen) atoms. The highest BCUT2D eigenvalue weighted by molar-refractivity contribution is 5.70. The third kappa shape index (κ3) is 5.55. The molecule has 2 aromatic carbocycles. The Morgan fingerprint density at radius 2 is 2.00 bits per heavy atom. The van der Waals surface area contributed by atoms with Crippen molar-refractivity contribution in [1.82, 2.24) is 9.88 Å². The number of pyridine rings is 1. The fourth-order valence-electron chi connectivity index (χ4n) is 5.87. The molecule has 2 atom stereocenters. The second-order valence-corrected chi connectivity index (χ2v) is 11.6. The molecule has 212 valence electrons. The van der Waals surface area contributed by atoms with E-state index in [1.165, 1.54) is 13.3 Å². The largest absolute Gasteiger partial charge is 0.482 e. The summed E-state index contributed by atoms with van der Waals surface area (Å²) in [5.74, 6) is -2.05. The van der Waals surface area contributed by atoms with E-state index in [4.69, 9.17) is 9.47 Å². The first-order valence-corrected chi connectivity index (χ1v) is 13.8. The van der Waals surface area contributed by atoms with Gasteiger partial charge in [0.1, 0.15) is 11.9 Å². The molecule has 1 fully saturated rings. The van der Waals surface area contributed by atoms with Gasteiger partial charge in [-0.15, -0.1) is 0 Å². The van der Waals surface area contributed by atoms with Crippen LogP contribution in [0.4, 0.5) is 8.78 Å². The van der Waals surface area contributed by atoms with Gasteiger partial charge in [-0.3, -0.25) is 9.69 Å². The normalized spacial score (nSPS) is 19.1. The summed E-state index contributed by atoms with van der Waals surface area (Å²) in [6.07, 6.45) is 4.38. The van der Waals surface area contributed by atoms with Gasteiger partial charge in [0, 0.05) is 23.7 Å². The molecule has 1 saturated heterocycles. The van der Waals surface area contributed by atoms with Gasteiger partial charge in [0.2, 0.25) is 5.88 Å². The number of nitrogens with zero attached hydrogens (tertiary/aromatic N) is 2. The van der Waals surface area contributed by atoms with Gasteiger partial charge < -0.3 is 14.6 Å². The fourth-order valence-corrected chi connectivity index (χ4v) is 5.87. The monoisotopic (exact) mass is 550 g/mol. The van der Waals surface area contributed by atoms with Crippen molar-refractivity contribution in [2.24, 2.45) is 5.92 Å². The lowest BCUT2D eigenvalue weighted by atomic mass is 9.91. The molecule has 3 heterocycles. The molecule has 2 aliphatic heterocycles. The van der Waals surface area contributed by atoms with E-state index in [0.29, 0.717) is 36.4 Å². The smallest absolute Gasteiger partial charge is 0.306 e. The van der Waals surface area contributed by atoms with Crippen LogP contribution in [-0.4, -0.2) is 40.2 Å². The zero-order valence-corrected chi connectivity index (χ0v) is 23.5. The number of carbonyl (C=O) groups is 1. The lowest BCUT2D eigenvalue weighted by molar-refractivity contribution is -0.141. The zero-order chi connectivity index (χ0) is 28.6. The number of carboxylic acids is 1. The van der Waals surface area contributed by atoms with Crippen LogP contribution in [0.15, 0.2) is 42.6 Å². The molecular weight excluding hydrogens is 514 g/mol. The zero-order valence-electron chi connectivity index (χ0n) is 23.5. The van der Waals surface area contributed by atoms with Gasteiger partial charge >= 0.3 is 5.97 Å². The molecule has 6 nitrogen and oxygen atoms in total. The Hall–Kier alpha value is -3.52. The van der Waals surface area contributed by atoms with Crippen molar-refractivity contribution in [1.29, 1.82) is 0 Å². The summed E-state index contributed by atoms with van der Waals surface area (Å²) >= 11 is 0. The topological polar surface area (TPSA) is 71.9 Å². The molecule has 5 rings (SSSR count). The van der Waals surface area contributed by atoms with Crippen molar-refractivity contribution in [3.8, 4) is 22.8 Å². The Balaban J connectivity index is 1.50. The summed E-state index contributed by atoms with van der Waals surface area (Å²) < 4.78 is 42.1. The Labute approximate surface area is 234 Å². The highest BCUT2D eigenvalue weighted by atomic mass is 19.1. The van der Waals surface area contributed by atoms with E-state index in [9.17, 15) is 9.90 Å². The first kappa shape index (κ1) is 28.0. The summed E-state index contributed by atoms with van der Waals surface area (Å²) in [4.78, 5) is 17.7. The van der Waals surface area contributed by atoms with E-state index in [2.05, 4.69) is 29.8 Å². The molecule has 0 bridgehead atoms. The second-order valence-electron chi connectivity index (χ2n) is 11.6. The van der Waals surface area contributed by atoms with Crippen LogP contribution in [0.3, 0.4) is 0 Å². The summed E-state index contributed by atoms with van der Waals surface area (Å²) in [6, 6.07) is 11.0. The van der Waals surface area contributed by atoms with E-state index >= 15 is 8.78 Å². The molecule has 2 aliphatic rings. The average Bonchev–Trinajstić information content (AvgIpc) is 3.27. The average molecular weight is 551 g/mol. The molecule has 1 aromatic heterocycles. The summed E-state index contributed by atoms with van der Waals surface area (Å²) in [5.41, 5.74) is 4.17. The minimum Gasteiger partial charge on any atom is -0.482 e. The lowest BCUT2D eigenvalue weighted by Crippen LogP contribution is -2.37. The van der Waals surface area contributed by atoms with Crippen LogP contribution in [0.2, 0.25) is 0 Å². The number of benzene rings is 2. The third-order valence-electron chi connectivity index (χ3n) is 8.41. The molecule has 8 heteroatoms. The van der Waals surface area contributed by atoms with Crippen molar-refractivity contribution < 1.29 is 28.2 Å².